The van der Waals surface area contributed by atoms with Crippen LogP contribution in [0.4, 0.5) is 0 Å². The Balaban J connectivity index is 1.21. The molecule has 0 saturated carbocycles. The van der Waals surface area contributed by atoms with Crippen molar-refractivity contribution < 1.29 is 0 Å². The Morgan fingerprint density at radius 1 is 0.185 bits per heavy atom. The van der Waals surface area contributed by atoms with Crippen molar-refractivity contribution in [3.63, 3.8) is 0 Å². The number of hydrogen-bond donors (Lipinski definition) is 0. The van der Waals surface area contributed by atoms with Gasteiger partial charge in [-0.3, -0.25) is 0 Å². The van der Waals surface area contributed by atoms with E-state index in [1.54, 1.807) is 0 Å². The van der Waals surface area contributed by atoms with E-state index in [0.29, 0.717) is 17.5 Å². The van der Waals surface area contributed by atoms with Gasteiger partial charge in [0.25, 0.3) is 0 Å². The van der Waals surface area contributed by atoms with Gasteiger partial charge < -0.3 is 0 Å². The first-order valence-electron chi connectivity index (χ1n) is 18.2. The zero-order valence-corrected chi connectivity index (χ0v) is 29.5. The van der Waals surface area contributed by atoms with Gasteiger partial charge in [0.05, 0.1) is 0 Å². The van der Waals surface area contributed by atoms with E-state index < -0.39 is 0 Å². The van der Waals surface area contributed by atoms with Crippen LogP contribution in [-0.2, 0) is 0 Å². The highest BCUT2D eigenvalue weighted by Crippen LogP contribution is 2.38. The molecular formula is C51H35N3. The topological polar surface area (TPSA) is 38.7 Å². The molecule has 9 aromatic rings. The van der Waals surface area contributed by atoms with Crippen LogP contribution >= 0.6 is 0 Å². The summed E-state index contributed by atoms with van der Waals surface area (Å²) in [5.41, 5.74) is 14.1. The zero-order chi connectivity index (χ0) is 36.1. The molecule has 0 fully saturated rings. The summed E-state index contributed by atoms with van der Waals surface area (Å²) in [4.78, 5) is 15.7. The van der Waals surface area contributed by atoms with Crippen LogP contribution in [-0.4, -0.2) is 15.0 Å². The van der Waals surface area contributed by atoms with E-state index in [1.807, 2.05) is 24.3 Å². The average Bonchev–Trinajstić information content (AvgIpc) is 3.27. The third-order valence-corrected chi connectivity index (χ3v) is 9.81. The lowest BCUT2D eigenvalue weighted by molar-refractivity contribution is 1.07. The van der Waals surface area contributed by atoms with Gasteiger partial charge in [-0.1, -0.05) is 200 Å². The van der Waals surface area contributed by atoms with E-state index >= 15 is 0 Å². The minimum Gasteiger partial charge on any atom is -0.208 e. The van der Waals surface area contributed by atoms with Gasteiger partial charge in [0.15, 0.2) is 17.5 Å². The lowest BCUT2D eigenvalue weighted by Gasteiger charge is -2.15. The molecule has 1 heterocycles. The number of rotatable bonds is 8. The number of aromatic nitrogens is 3. The van der Waals surface area contributed by atoms with Gasteiger partial charge in [0.1, 0.15) is 0 Å². The molecule has 54 heavy (non-hydrogen) atoms. The molecule has 8 aromatic carbocycles. The molecule has 0 saturated heterocycles. The van der Waals surface area contributed by atoms with Crippen molar-refractivity contribution in [2.24, 2.45) is 0 Å². The summed E-state index contributed by atoms with van der Waals surface area (Å²) in [6, 6.07) is 74.0. The van der Waals surface area contributed by atoms with Crippen molar-refractivity contribution >= 4 is 0 Å². The first kappa shape index (κ1) is 32.7. The minimum atomic E-state index is 0.620. The van der Waals surface area contributed by atoms with Gasteiger partial charge in [0, 0.05) is 16.7 Å². The van der Waals surface area contributed by atoms with Gasteiger partial charge >= 0.3 is 0 Å². The first-order chi connectivity index (χ1) is 26.8. The zero-order valence-electron chi connectivity index (χ0n) is 29.5. The summed E-state index contributed by atoms with van der Waals surface area (Å²) in [6.45, 7) is 0. The second kappa shape index (κ2) is 14.8. The smallest absolute Gasteiger partial charge is 0.164 e. The normalized spacial score (nSPS) is 11.0. The molecule has 1 aromatic heterocycles. The summed E-state index contributed by atoms with van der Waals surface area (Å²) >= 11 is 0. The highest BCUT2D eigenvalue weighted by atomic mass is 15.0. The van der Waals surface area contributed by atoms with E-state index in [4.69, 9.17) is 15.0 Å². The van der Waals surface area contributed by atoms with Crippen molar-refractivity contribution in [2.75, 3.05) is 0 Å². The molecule has 254 valence electrons. The standard InChI is InChI=1S/C51H35N3/c1-5-15-36(16-6-1)39-25-29-42(30-26-39)45-23-13-14-24-46(45)50-52-49(43-31-27-40(28-32-43)37-17-7-2-8-18-37)53-51(54-50)47-34-33-44(38-19-9-3-10-20-38)35-48(47)41-21-11-4-12-22-41/h1-35H. The molecule has 9 rings (SSSR count). The molecule has 0 aliphatic heterocycles. The molecule has 3 nitrogen and oxygen atoms in total. The average molecular weight is 690 g/mol. The molecule has 0 spiro atoms. The monoisotopic (exact) mass is 689 g/mol. The molecule has 0 N–H and O–H groups in total. The number of hydrogen-bond acceptors (Lipinski definition) is 3. The van der Waals surface area contributed by atoms with E-state index in [1.165, 1.54) is 16.7 Å². The summed E-state index contributed by atoms with van der Waals surface area (Å²) in [5.74, 6) is 1.86. The van der Waals surface area contributed by atoms with Crippen LogP contribution in [0.5, 0.6) is 0 Å². The molecule has 3 heteroatoms. The fraction of sp³-hybridized carbons (Fsp3) is 0. The van der Waals surface area contributed by atoms with Gasteiger partial charge in [-0.2, -0.15) is 0 Å². The summed E-state index contributed by atoms with van der Waals surface area (Å²) < 4.78 is 0. The van der Waals surface area contributed by atoms with Crippen LogP contribution in [0.25, 0.3) is 89.8 Å². The first-order valence-corrected chi connectivity index (χ1v) is 18.2. The summed E-state index contributed by atoms with van der Waals surface area (Å²) in [7, 11) is 0. The van der Waals surface area contributed by atoms with Crippen LogP contribution in [0.2, 0.25) is 0 Å². The minimum absolute atomic E-state index is 0.620. The Hall–Kier alpha value is -7.23. The second-order valence-corrected chi connectivity index (χ2v) is 13.2. The van der Waals surface area contributed by atoms with Crippen LogP contribution < -0.4 is 0 Å². The molecule has 0 unspecified atom stereocenters. The fourth-order valence-corrected chi connectivity index (χ4v) is 7.00. The summed E-state index contributed by atoms with van der Waals surface area (Å²) in [6.07, 6.45) is 0. The Labute approximate surface area is 316 Å². The molecule has 0 bridgehead atoms. The predicted molar refractivity (Wildman–Crippen MR) is 223 cm³/mol. The van der Waals surface area contributed by atoms with Crippen LogP contribution in [0.1, 0.15) is 0 Å². The van der Waals surface area contributed by atoms with Crippen molar-refractivity contribution in [1.29, 1.82) is 0 Å². The lowest BCUT2D eigenvalue weighted by atomic mass is 9.94. The van der Waals surface area contributed by atoms with E-state index in [0.717, 1.165) is 55.6 Å². The molecule has 0 atom stereocenters. The van der Waals surface area contributed by atoms with Crippen molar-refractivity contribution in [2.45, 2.75) is 0 Å². The number of nitrogens with zero attached hydrogens (tertiary/aromatic N) is 3. The highest BCUT2D eigenvalue weighted by Gasteiger charge is 2.19. The lowest BCUT2D eigenvalue weighted by Crippen LogP contribution is -2.02. The van der Waals surface area contributed by atoms with Crippen LogP contribution in [0.15, 0.2) is 212 Å². The quantitative estimate of drug-likeness (QED) is 0.159. The Morgan fingerprint density at radius 3 is 1.02 bits per heavy atom. The van der Waals surface area contributed by atoms with Gasteiger partial charge in [-0.05, 0) is 67.8 Å². The molecule has 0 aliphatic carbocycles. The fourth-order valence-electron chi connectivity index (χ4n) is 7.00. The van der Waals surface area contributed by atoms with Gasteiger partial charge in [0.2, 0.25) is 0 Å². The Bertz CT molecular complexity index is 2660. The molecule has 0 radical (unpaired) electrons. The maximum absolute atomic E-state index is 5.28. The van der Waals surface area contributed by atoms with Crippen LogP contribution in [0.3, 0.4) is 0 Å². The van der Waals surface area contributed by atoms with Crippen molar-refractivity contribution in [3.05, 3.63) is 212 Å². The van der Waals surface area contributed by atoms with Gasteiger partial charge in [-0.15, -0.1) is 0 Å². The van der Waals surface area contributed by atoms with E-state index in [2.05, 4.69) is 188 Å². The Kier molecular flexibility index (Phi) is 8.94. The van der Waals surface area contributed by atoms with Crippen molar-refractivity contribution in [1.82, 2.24) is 15.0 Å². The predicted octanol–water partition coefficient (Wildman–Crippen LogP) is 13.2. The number of benzene rings is 8. The molecule has 0 aliphatic rings. The van der Waals surface area contributed by atoms with Crippen molar-refractivity contribution in [3.8, 4) is 89.8 Å². The highest BCUT2D eigenvalue weighted by molar-refractivity contribution is 5.87. The van der Waals surface area contributed by atoms with Gasteiger partial charge in [-0.25, -0.2) is 15.0 Å². The molecular weight excluding hydrogens is 655 g/mol. The third-order valence-electron chi connectivity index (χ3n) is 9.81. The maximum atomic E-state index is 5.28. The Morgan fingerprint density at radius 2 is 0.500 bits per heavy atom. The summed E-state index contributed by atoms with van der Waals surface area (Å²) in [5, 5.41) is 0. The van der Waals surface area contributed by atoms with E-state index in [9.17, 15) is 0 Å². The third kappa shape index (κ3) is 6.74. The second-order valence-electron chi connectivity index (χ2n) is 13.2. The molecule has 0 amide bonds. The van der Waals surface area contributed by atoms with E-state index in [-0.39, 0.29) is 0 Å². The maximum Gasteiger partial charge on any atom is 0.164 e. The SMILES string of the molecule is c1ccc(-c2ccc(-c3nc(-c4ccccc4-c4ccc(-c5ccccc5)cc4)nc(-c4ccc(-c5ccccc5)cc4-c4ccccc4)n3)cc2)cc1. The van der Waals surface area contributed by atoms with Crippen LogP contribution in [0, 0.1) is 0 Å². The largest absolute Gasteiger partial charge is 0.208 e.